The average Bonchev–Trinajstić information content (AvgIpc) is 3.04. The lowest BCUT2D eigenvalue weighted by molar-refractivity contribution is -0.118. The summed E-state index contributed by atoms with van der Waals surface area (Å²) in [6, 6.07) is 8.34. The highest BCUT2D eigenvalue weighted by molar-refractivity contribution is 7.17. The molecule has 0 aliphatic carbocycles. The Labute approximate surface area is 162 Å². The maximum atomic E-state index is 13.2. The highest BCUT2D eigenvalue weighted by Gasteiger charge is 2.18. The van der Waals surface area contributed by atoms with Crippen LogP contribution in [-0.4, -0.2) is 15.5 Å². The number of hydrogen-bond donors (Lipinski definition) is 1. The van der Waals surface area contributed by atoms with Gasteiger partial charge in [0.2, 0.25) is 5.91 Å². The minimum atomic E-state index is -0.424. The van der Waals surface area contributed by atoms with Gasteiger partial charge < -0.3 is 5.73 Å². The van der Waals surface area contributed by atoms with Crippen molar-refractivity contribution in [2.45, 2.75) is 52.5 Å². The predicted octanol–water partition coefficient (Wildman–Crippen LogP) is 3.86. The van der Waals surface area contributed by atoms with Crippen molar-refractivity contribution < 1.29 is 4.79 Å². The van der Waals surface area contributed by atoms with Crippen LogP contribution in [0, 0.1) is 0 Å². The van der Waals surface area contributed by atoms with Crippen molar-refractivity contribution in [1.82, 2.24) is 9.55 Å². The summed E-state index contributed by atoms with van der Waals surface area (Å²) in [4.78, 5) is 29.8. The Balaban J connectivity index is 2.14. The molecule has 6 heteroatoms. The van der Waals surface area contributed by atoms with Crippen LogP contribution in [0.5, 0.6) is 0 Å². The zero-order valence-electron chi connectivity index (χ0n) is 16.2. The van der Waals surface area contributed by atoms with Gasteiger partial charge in [0.25, 0.3) is 5.56 Å². The number of thiophene rings is 1. The van der Waals surface area contributed by atoms with Crippen LogP contribution in [-0.2, 0) is 23.2 Å². The van der Waals surface area contributed by atoms with E-state index in [9.17, 15) is 9.59 Å². The highest BCUT2D eigenvalue weighted by atomic mass is 32.1. The van der Waals surface area contributed by atoms with E-state index in [2.05, 4.69) is 50.0 Å². The molecule has 142 valence electrons. The molecule has 2 aromatic heterocycles. The number of amides is 1. The number of benzene rings is 1. The van der Waals surface area contributed by atoms with Crippen LogP contribution >= 0.6 is 11.3 Å². The van der Waals surface area contributed by atoms with Crippen molar-refractivity contribution in [3.05, 3.63) is 51.4 Å². The third-order valence-electron chi connectivity index (χ3n) is 4.73. The molecule has 0 fully saturated rings. The molecule has 2 heterocycles. The standard InChI is InChI=1S/C21H25N3O2S/c1-5-17-23-19-18(20(26)24(17)11-10-16(22)25)15(12-27-19)13-6-8-14(9-7-13)21(2,3)4/h6-9,12H,5,10-11H2,1-4H3,(H2,22,25). The van der Waals surface area contributed by atoms with E-state index < -0.39 is 5.91 Å². The van der Waals surface area contributed by atoms with Crippen molar-refractivity contribution in [2.24, 2.45) is 5.73 Å². The second-order valence-electron chi connectivity index (χ2n) is 7.71. The third kappa shape index (κ3) is 3.81. The van der Waals surface area contributed by atoms with Crippen LogP contribution < -0.4 is 11.3 Å². The van der Waals surface area contributed by atoms with E-state index in [4.69, 9.17) is 5.73 Å². The summed E-state index contributed by atoms with van der Waals surface area (Å²) >= 11 is 1.48. The van der Waals surface area contributed by atoms with Gasteiger partial charge in [-0.05, 0) is 16.5 Å². The van der Waals surface area contributed by atoms with Crippen LogP contribution in [0.3, 0.4) is 0 Å². The summed E-state index contributed by atoms with van der Waals surface area (Å²) in [5.41, 5.74) is 8.38. The summed E-state index contributed by atoms with van der Waals surface area (Å²) < 4.78 is 1.59. The lowest BCUT2D eigenvalue weighted by Gasteiger charge is -2.19. The average molecular weight is 384 g/mol. The first-order valence-corrected chi connectivity index (χ1v) is 10.0. The highest BCUT2D eigenvalue weighted by Crippen LogP contribution is 2.32. The Hall–Kier alpha value is -2.47. The number of fused-ring (bicyclic) bond motifs is 1. The molecule has 2 N–H and O–H groups in total. The lowest BCUT2D eigenvalue weighted by atomic mass is 9.86. The molecule has 0 atom stereocenters. The molecular formula is C21H25N3O2S. The van der Waals surface area contributed by atoms with E-state index in [1.165, 1.54) is 16.9 Å². The minimum absolute atomic E-state index is 0.0777. The van der Waals surface area contributed by atoms with E-state index in [0.29, 0.717) is 17.6 Å². The molecule has 0 saturated carbocycles. The number of carbonyl (C=O) groups excluding carboxylic acids is 1. The topological polar surface area (TPSA) is 78.0 Å². The number of hydrogen-bond acceptors (Lipinski definition) is 4. The molecule has 5 nitrogen and oxygen atoms in total. The monoisotopic (exact) mass is 383 g/mol. The largest absolute Gasteiger partial charge is 0.370 e. The number of aromatic nitrogens is 2. The van der Waals surface area contributed by atoms with Gasteiger partial charge in [-0.1, -0.05) is 52.0 Å². The van der Waals surface area contributed by atoms with Gasteiger partial charge in [-0.25, -0.2) is 4.98 Å². The van der Waals surface area contributed by atoms with Gasteiger partial charge in [-0.3, -0.25) is 14.2 Å². The molecule has 1 aromatic carbocycles. The van der Waals surface area contributed by atoms with Crippen molar-refractivity contribution >= 4 is 27.5 Å². The zero-order valence-corrected chi connectivity index (χ0v) is 17.0. The molecule has 0 unspecified atom stereocenters. The van der Waals surface area contributed by atoms with E-state index >= 15 is 0 Å². The molecule has 0 spiro atoms. The third-order valence-corrected chi connectivity index (χ3v) is 5.60. The second-order valence-corrected chi connectivity index (χ2v) is 8.57. The van der Waals surface area contributed by atoms with E-state index in [1.54, 1.807) is 4.57 Å². The Morgan fingerprint density at radius 3 is 2.44 bits per heavy atom. The van der Waals surface area contributed by atoms with Gasteiger partial charge in [-0.15, -0.1) is 11.3 Å². The normalized spacial score (nSPS) is 11.9. The maximum absolute atomic E-state index is 13.2. The predicted molar refractivity (Wildman–Crippen MR) is 111 cm³/mol. The molecule has 0 aliphatic rings. The molecule has 0 bridgehead atoms. The van der Waals surface area contributed by atoms with Gasteiger partial charge in [0, 0.05) is 30.3 Å². The quantitative estimate of drug-likeness (QED) is 0.727. The molecule has 1 amide bonds. The first-order valence-electron chi connectivity index (χ1n) is 9.12. The van der Waals surface area contributed by atoms with E-state index in [0.717, 1.165) is 16.0 Å². The number of nitrogens with two attached hydrogens (primary N) is 1. The van der Waals surface area contributed by atoms with Crippen molar-refractivity contribution in [3.8, 4) is 11.1 Å². The number of rotatable bonds is 5. The summed E-state index contributed by atoms with van der Waals surface area (Å²) in [6.07, 6.45) is 0.747. The second kappa shape index (κ2) is 7.27. The molecule has 0 aliphatic heterocycles. The first kappa shape index (κ1) is 19.3. The molecule has 27 heavy (non-hydrogen) atoms. The van der Waals surface area contributed by atoms with Crippen molar-refractivity contribution in [1.29, 1.82) is 0 Å². The molecule has 3 aromatic rings. The molecule has 0 radical (unpaired) electrons. The van der Waals surface area contributed by atoms with Crippen LogP contribution in [0.2, 0.25) is 0 Å². The minimum Gasteiger partial charge on any atom is -0.370 e. The van der Waals surface area contributed by atoms with Crippen LogP contribution in [0.4, 0.5) is 0 Å². The van der Waals surface area contributed by atoms with Gasteiger partial charge in [0.15, 0.2) is 0 Å². The van der Waals surface area contributed by atoms with E-state index in [1.807, 2.05) is 12.3 Å². The number of carbonyl (C=O) groups is 1. The molecular weight excluding hydrogens is 358 g/mol. The zero-order chi connectivity index (χ0) is 19.8. The van der Waals surface area contributed by atoms with E-state index in [-0.39, 0.29) is 23.9 Å². The number of nitrogens with zero attached hydrogens (tertiary/aromatic N) is 2. The Morgan fingerprint density at radius 1 is 1.22 bits per heavy atom. The van der Waals surface area contributed by atoms with Crippen LogP contribution in [0.25, 0.3) is 21.3 Å². The number of aryl methyl sites for hydroxylation is 1. The summed E-state index contributed by atoms with van der Waals surface area (Å²) in [5.74, 6) is 0.262. The van der Waals surface area contributed by atoms with Gasteiger partial charge in [-0.2, -0.15) is 0 Å². The maximum Gasteiger partial charge on any atom is 0.262 e. The summed E-state index contributed by atoms with van der Waals surface area (Å²) in [5, 5.41) is 2.61. The van der Waals surface area contributed by atoms with Gasteiger partial charge in [0.05, 0.1) is 5.39 Å². The Kier molecular flexibility index (Phi) is 5.20. The lowest BCUT2D eigenvalue weighted by Crippen LogP contribution is -2.27. The smallest absolute Gasteiger partial charge is 0.262 e. The van der Waals surface area contributed by atoms with Gasteiger partial charge in [0.1, 0.15) is 10.7 Å². The van der Waals surface area contributed by atoms with Crippen molar-refractivity contribution in [2.75, 3.05) is 0 Å². The van der Waals surface area contributed by atoms with Crippen LogP contribution in [0.15, 0.2) is 34.4 Å². The Morgan fingerprint density at radius 2 is 1.89 bits per heavy atom. The molecule has 0 saturated heterocycles. The van der Waals surface area contributed by atoms with Crippen molar-refractivity contribution in [3.63, 3.8) is 0 Å². The molecule has 3 rings (SSSR count). The fourth-order valence-electron chi connectivity index (χ4n) is 3.15. The fraction of sp³-hybridized carbons (Fsp3) is 0.381. The summed E-state index contributed by atoms with van der Waals surface area (Å²) in [7, 11) is 0. The Bertz CT molecular complexity index is 1040. The van der Waals surface area contributed by atoms with Gasteiger partial charge >= 0.3 is 0 Å². The SMILES string of the molecule is CCc1nc2scc(-c3ccc(C(C)(C)C)cc3)c2c(=O)n1CCC(N)=O. The fourth-order valence-corrected chi connectivity index (χ4v) is 4.11. The number of primary amides is 1. The summed E-state index contributed by atoms with van der Waals surface area (Å²) in [6.45, 7) is 8.74. The first-order chi connectivity index (χ1) is 12.7. The van der Waals surface area contributed by atoms with Crippen LogP contribution in [0.1, 0.15) is 45.5 Å².